The molecule has 0 unspecified atom stereocenters. The fourth-order valence-corrected chi connectivity index (χ4v) is 3.66. The van der Waals surface area contributed by atoms with Crippen molar-refractivity contribution in [1.29, 1.82) is 0 Å². The number of hydrogen-bond donors (Lipinski definition) is 3. The lowest BCUT2D eigenvalue weighted by Gasteiger charge is -2.43. The van der Waals surface area contributed by atoms with Crippen molar-refractivity contribution < 1.29 is 34.4 Å². The van der Waals surface area contributed by atoms with E-state index in [0.717, 1.165) is 0 Å². The number of hydrogen-bond acceptors (Lipinski definition) is 4. The lowest BCUT2D eigenvalue weighted by atomic mass is 9.72. The number of halogens is 1. The maximum absolute atomic E-state index is 11.0. The molecular weight excluding hydrogens is 336 g/mol. The van der Waals surface area contributed by atoms with Gasteiger partial charge in [-0.1, -0.05) is 15.9 Å². The Morgan fingerprint density at radius 3 is 1.75 bits per heavy atom. The van der Waals surface area contributed by atoms with Crippen LogP contribution in [0.4, 0.5) is 0 Å². The third kappa shape index (κ3) is 4.45. The van der Waals surface area contributed by atoms with Crippen molar-refractivity contribution in [3.8, 4) is 0 Å². The molecule has 0 spiro atoms. The average molecular weight is 353 g/mol. The summed E-state index contributed by atoms with van der Waals surface area (Å²) in [6, 6.07) is 0. The van der Waals surface area contributed by atoms with Gasteiger partial charge in [-0.15, -0.1) is 0 Å². The first-order valence-corrected chi connectivity index (χ1v) is 7.08. The fourth-order valence-electron chi connectivity index (χ4n) is 2.74. The second kappa shape index (κ2) is 7.03. The smallest absolute Gasteiger partial charge is 0.303 e. The van der Waals surface area contributed by atoms with Crippen LogP contribution in [0.15, 0.2) is 0 Å². The summed E-state index contributed by atoms with van der Waals surface area (Å²) in [4.78, 5) is 32.8. The van der Waals surface area contributed by atoms with E-state index in [0.29, 0.717) is 0 Å². The summed E-state index contributed by atoms with van der Waals surface area (Å²) < 4.78 is 5.52. The molecule has 0 aromatic carbocycles. The molecule has 8 heteroatoms. The first kappa shape index (κ1) is 16.9. The largest absolute Gasteiger partial charge is 0.481 e. The number of carboxylic acid groups (broad SMARTS) is 3. The van der Waals surface area contributed by atoms with E-state index in [1.807, 2.05) is 0 Å². The zero-order chi connectivity index (χ0) is 15.4. The topological polar surface area (TPSA) is 121 Å². The first-order chi connectivity index (χ1) is 9.22. The Morgan fingerprint density at radius 1 is 0.900 bits per heavy atom. The number of aliphatic carboxylic acids is 3. The van der Waals surface area contributed by atoms with Crippen molar-refractivity contribution >= 4 is 33.8 Å². The Labute approximate surface area is 124 Å². The third-order valence-electron chi connectivity index (χ3n) is 3.62. The van der Waals surface area contributed by atoms with E-state index in [2.05, 4.69) is 15.9 Å². The van der Waals surface area contributed by atoms with Crippen LogP contribution < -0.4 is 0 Å². The minimum Gasteiger partial charge on any atom is -0.481 e. The summed E-state index contributed by atoms with van der Waals surface area (Å²) in [5.41, 5.74) is 0. The predicted octanol–water partition coefficient (Wildman–Crippen LogP) is 1.40. The van der Waals surface area contributed by atoms with Gasteiger partial charge < -0.3 is 20.1 Å². The number of alkyl halides is 1. The highest BCUT2D eigenvalue weighted by Gasteiger charge is 2.45. The summed E-state index contributed by atoms with van der Waals surface area (Å²) in [5.74, 6) is -4.86. The minimum absolute atomic E-state index is 0.241. The van der Waals surface area contributed by atoms with Gasteiger partial charge in [-0.25, -0.2) is 0 Å². The van der Waals surface area contributed by atoms with Crippen LogP contribution in [0.5, 0.6) is 0 Å². The highest BCUT2D eigenvalue weighted by atomic mass is 79.9. The summed E-state index contributed by atoms with van der Waals surface area (Å²) in [6.07, 6.45) is -1.23. The van der Waals surface area contributed by atoms with Crippen molar-refractivity contribution in [3.05, 3.63) is 0 Å². The Hall–Kier alpha value is -1.15. The van der Waals surface area contributed by atoms with Gasteiger partial charge in [-0.2, -0.15) is 0 Å². The molecule has 0 aliphatic carbocycles. The maximum Gasteiger partial charge on any atom is 0.303 e. The van der Waals surface area contributed by atoms with E-state index in [4.69, 9.17) is 20.1 Å². The van der Waals surface area contributed by atoms with Gasteiger partial charge >= 0.3 is 17.9 Å². The van der Waals surface area contributed by atoms with E-state index in [9.17, 15) is 14.4 Å². The van der Waals surface area contributed by atoms with Crippen molar-refractivity contribution in [2.45, 2.75) is 37.3 Å². The normalized spacial score (nSPS) is 33.6. The zero-order valence-corrected chi connectivity index (χ0v) is 12.4. The molecule has 1 rings (SSSR count). The molecule has 0 bridgehead atoms. The van der Waals surface area contributed by atoms with Crippen LogP contribution in [0.3, 0.4) is 0 Å². The molecule has 0 saturated carbocycles. The van der Waals surface area contributed by atoms with Crippen LogP contribution in [0.1, 0.15) is 26.2 Å². The second-order valence-corrected chi connectivity index (χ2v) is 5.88. The van der Waals surface area contributed by atoms with Gasteiger partial charge in [0.2, 0.25) is 0 Å². The molecule has 0 aromatic heterocycles. The zero-order valence-electron chi connectivity index (χ0n) is 10.9. The van der Waals surface area contributed by atoms with Crippen molar-refractivity contribution in [1.82, 2.24) is 0 Å². The molecule has 20 heavy (non-hydrogen) atoms. The monoisotopic (exact) mass is 352 g/mol. The van der Waals surface area contributed by atoms with E-state index in [-0.39, 0.29) is 19.3 Å². The van der Waals surface area contributed by atoms with Crippen LogP contribution >= 0.6 is 15.9 Å². The van der Waals surface area contributed by atoms with Gasteiger partial charge in [0.1, 0.15) is 5.01 Å². The van der Waals surface area contributed by atoms with E-state index in [1.54, 1.807) is 6.92 Å². The summed E-state index contributed by atoms with van der Waals surface area (Å²) in [7, 11) is 0. The average Bonchev–Trinajstić information content (AvgIpc) is 2.27. The highest BCUT2D eigenvalue weighted by molar-refractivity contribution is 9.09. The van der Waals surface area contributed by atoms with Gasteiger partial charge in [0.05, 0.1) is 18.9 Å². The molecule has 1 aliphatic rings. The summed E-state index contributed by atoms with van der Waals surface area (Å²) in [5, 5.41) is 26.3. The lowest BCUT2D eigenvalue weighted by molar-refractivity contribution is -0.158. The van der Waals surface area contributed by atoms with Crippen LogP contribution in [0.2, 0.25) is 0 Å². The predicted molar refractivity (Wildman–Crippen MR) is 70.5 cm³/mol. The number of ether oxygens (including phenoxy) is 1. The highest BCUT2D eigenvalue weighted by Crippen LogP contribution is 2.43. The molecule has 5 atom stereocenters. The van der Waals surface area contributed by atoms with Gasteiger partial charge in [0.15, 0.2) is 0 Å². The molecular formula is C12H17BrO7. The molecule has 0 aromatic rings. The molecule has 1 fully saturated rings. The number of carboxylic acids is 3. The van der Waals surface area contributed by atoms with E-state index in [1.165, 1.54) is 0 Å². The SMILES string of the molecule is C[C@@H]1O[C@H](Br)[C@H](CC(=O)O)[C@H](CC(=O)O)[C@@H]1CC(=O)O. The van der Waals surface area contributed by atoms with Gasteiger partial charge in [-0.05, 0) is 18.8 Å². The third-order valence-corrected chi connectivity index (χ3v) is 4.51. The first-order valence-electron chi connectivity index (χ1n) is 6.17. The molecule has 1 saturated heterocycles. The Morgan fingerprint density at radius 2 is 1.30 bits per heavy atom. The van der Waals surface area contributed by atoms with Gasteiger partial charge in [-0.3, -0.25) is 14.4 Å². The second-order valence-electron chi connectivity index (χ2n) is 4.98. The standard InChI is InChI=1S/C12H17BrO7/c1-5-6(2-9(14)15)7(3-10(16)17)8(4-11(18)19)12(13)20-5/h5-8,12H,2-4H2,1H3,(H,14,15)(H,16,17)(H,18,19)/t5-,6+,7+,8+,12-/m0/s1. The van der Waals surface area contributed by atoms with Crippen molar-refractivity contribution in [3.63, 3.8) is 0 Å². The van der Waals surface area contributed by atoms with E-state index >= 15 is 0 Å². The molecule has 1 aliphatic heterocycles. The number of carbonyl (C=O) groups is 3. The molecule has 3 N–H and O–H groups in total. The summed E-state index contributed by atoms with van der Waals surface area (Å²) in [6.45, 7) is 1.67. The Balaban J connectivity index is 3.01. The van der Waals surface area contributed by atoms with Gasteiger partial charge in [0, 0.05) is 12.3 Å². The Bertz CT molecular complexity index is 369. The minimum atomic E-state index is -1.07. The van der Waals surface area contributed by atoms with E-state index < -0.39 is 46.8 Å². The quantitative estimate of drug-likeness (QED) is 0.617. The van der Waals surface area contributed by atoms with Crippen LogP contribution in [-0.4, -0.2) is 44.3 Å². The Kier molecular flexibility index (Phi) is 5.94. The van der Waals surface area contributed by atoms with Crippen molar-refractivity contribution in [2.75, 3.05) is 0 Å². The van der Waals surface area contributed by atoms with Crippen LogP contribution in [0, 0.1) is 17.8 Å². The fraction of sp³-hybridized carbons (Fsp3) is 0.750. The van der Waals surface area contributed by atoms with Crippen molar-refractivity contribution in [2.24, 2.45) is 17.8 Å². The molecule has 7 nitrogen and oxygen atoms in total. The lowest BCUT2D eigenvalue weighted by Crippen LogP contribution is -2.46. The summed E-state index contributed by atoms with van der Waals surface area (Å²) >= 11 is 3.22. The molecule has 0 amide bonds. The van der Waals surface area contributed by atoms with Crippen LogP contribution in [0.25, 0.3) is 0 Å². The maximum atomic E-state index is 11.0. The van der Waals surface area contributed by atoms with Gasteiger partial charge in [0.25, 0.3) is 0 Å². The van der Waals surface area contributed by atoms with Crippen LogP contribution in [-0.2, 0) is 19.1 Å². The molecule has 0 radical (unpaired) electrons. The molecule has 1 heterocycles. The molecule has 114 valence electrons. The number of rotatable bonds is 6.